The van der Waals surface area contributed by atoms with E-state index in [4.69, 9.17) is 14.5 Å². The number of aromatic nitrogens is 1. The third-order valence-electron chi connectivity index (χ3n) is 5.81. The van der Waals surface area contributed by atoms with Gasteiger partial charge in [-0.15, -0.1) is 0 Å². The number of ether oxygens (including phenoxy) is 2. The van der Waals surface area contributed by atoms with Crippen LogP contribution in [0.2, 0.25) is 0 Å². The minimum atomic E-state index is -0.388. The van der Waals surface area contributed by atoms with Gasteiger partial charge < -0.3 is 19.7 Å². The highest BCUT2D eigenvalue weighted by Gasteiger charge is 2.18. The zero-order valence-electron chi connectivity index (χ0n) is 19.0. The Labute approximate surface area is 193 Å². The topological polar surface area (TPSA) is 80.8 Å². The highest BCUT2D eigenvalue weighted by atomic mass is 16.5. The SMILES string of the molecule is CCOC(=O)c1ccc(NC(=O)COc2cccc3ccc(N4CCC(C)CC4)nc23)cc1. The summed E-state index contributed by atoms with van der Waals surface area (Å²) in [5.41, 5.74) is 1.77. The molecule has 0 atom stereocenters. The Morgan fingerprint density at radius 2 is 1.82 bits per heavy atom. The Balaban J connectivity index is 1.40. The zero-order valence-corrected chi connectivity index (χ0v) is 19.0. The van der Waals surface area contributed by atoms with Crippen molar-refractivity contribution in [1.82, 2.24) is 4.98 Å². The summed E-state index contributed by atoms with van der Waals surface area (Å²) in [6, 6.07) is 16.4. The largest absolute Gasteiger partial charge is 0.481 e. The predicted molar refractivity (Wildman–Crippen MR) is 129 cm³/mol. The molecule has 1 amide bonds. The summed E-state index contributed by atoms with van der Waals surface area (Å²) < 4.78 is 10.8. The van der Waals surface area contributed by atoms with E-state index < -0.39 is 0 Å². The molecule has 0 aliphatic carbocycles. The number of carbonyl (C=O) groups excluding carboxylic acids is 2. The van der Waals surface area contributed by atoms with Crippen molar-refractivity contribution in [3.63, 3.8) is 0 Å². The number of esters is 1. The van der Waals surface area contributed by atoms with E-state index in [1.165, 1.54) is 12.8 Å². The van der Waals surface area contributed by atoms with Gasteiger partial charge in [-0.25, -0.2) is 9.78 Å². The lowest BCUT2D eigenvalue weighted by Gasteiger charge is -2.31. The number of hydrogen-bond acceptors (Lipinski definition) is 6. The van der Waals surface area contributed by atoms with Crippen LogP contribution >= 0.6 is 0 Å². The van der Waals surface area contributed by atoms with Crippen molar-refractivity contribution < 1.29 is 19.1 Å². The van der Waals surface area contributed by atoms with Gasteiger partial charge >= 0.3 is 5.97 Å². The van der Waals surface area contributed by atoms with Crippen molar-refractivity contribution in [2.45, 2.75) is 26.7 Å². The first-order valence-corrected chi connectivity index (χ1v) is 11.4. The van der Waals surface area contributed by atoms with Gasteiger partial charge in [0.1, 0.15) is 17.1 Å². The molecule has 3 aromatic rings. The van der Waals surface area contributed by atoms with Crippen molar-refractivity contribution in [3.8, 4) is 5.75 Å². The average molecular weight is 448 g/mol. The monoisotopic (exact) mass is 447 g/mol. The molecule has 0 unspecified atom stereocenters. The van der Waals surface area contributed by atoms with Crippen LogP contribution in [0.3, 0.4) is 0 Å². The number of pyridine rings is 1. The second-order valence-corrected chi connectivity index (χ2v) is 8.30. The molecular weight excluding hydrogens is 418 g/mol. The van der Waals surface area contributed by atoms with Crippen LogP contribution in [0.5, 0.6) is 5.75 Å². The standard InChI is InChI=1S/C26H29N3O4/c1-3-32-26(31)20-7-10-21(11-8-20)27-24(30)17-33-22-6-4-5-19-9-12-23(28-25(19)22)29-15-13-18(2)14-16-29/h4-12,18H,3,13-17H2,1-2H3,(H,27,30). The van der Waals surface area contributed by atoms with Gasteiger partial charge in [-0.1, -0.05) is 19.1 Å². The van der Waals surface area contributed by atoms with Crippen molar-refractivity contribution >= 4 is 34.3 Å². The second-order valence-electron chi connectivity index (χ2n) is 8.30. The Bertz CT molecular complexity index is 1120. The van der Waals surface area contributed by atoms with Crippen molar-refractivity contribution in [1.29, 1.82) is 0 Å². The van der Waals surface area contributed by atoms with Gasteiger partial charge in [0.2, 0.25) is 0 Å². The van der Waals surface area contributed by atoms with Crippen LogP contribution in [0, 0.1) is 5.92 Å². The maximum absolute atomic E-state index is 12.4. The maximum Gasteiger partial charge on any atom is 0.338 e. The number of benzene rings is 2. The van der Waals surface area contributed by atoms with Crippen LogP contribution in [0.4, 0.5) is 11.5 Å². The molecule has 7 nitrogen and oxygen atoms in total. The lowest BCUT2D eigenvalue weighted by molar-refractivity contribution is -0.118. The van der Waals surface area contributed by atoms with Gasteiger partial charge in [0, 0.05) is 24.2 Å². The molecule has 2 heterocycles. The molecule has 1 aliphatic heterocycles. The highest BCUT2D eigenvalue weighted by molar-refractivity contribution is 5.94. The lowest BCUT2D eigenvalue weighted by Crippen LogP contribution is -2.33. The van der Waals surface area contributed by atoms with E-state index in [0.717, 1.165) is 35.7 Å². The molecule has 4 rings (SSSR count). The molecule has 0 bridgehead atoms. The quantitative estimate of drug-likeness (QED) is 0.531. The van der Waals surface area contributed by atoms with Crippen LogP contribution in [-0.2, 0) is 9.53 Å². The number of fused-ring (bicyclic) bond motifs is 1. The lowest BCUT2D eigenvalue weighted by atomic mass is 9.99. The van der Waals surface area contributed by atoms with Gasteiger partial charge in [0.25, 0.3) is 5.91 Å². The van der Waals surface area contributed by atoms with Crippen LogP contribution in [-0.4, -0.2) is 43.2 Å². The van der Waals surface area contributed by atoms with Gasteiger partial charge in [0.15, 0.2) is 6.61 Å². The summed E-state index contributed by atoms with van der Waals surface area (Å²) in [5, 5.41) is 3.75. The second kappa shape index (κ2) is 10.3. The fourth-order valence-electron chi connectivity index (χ4n) is 3.88. The Morgan fingerprint density at radius 1 is 1.06 bits per heavy atom. The van der Waals surface area contributed by atoms with Crippen molar-refractivity contribution in [3.05, 3.63) is 60.2 Å². The normalized spacial score (nSPS) is 14.2. The van der Waals surface area contributed by atoms with E-state index in [1.807, 2.05) is 24.3 Å². The molecule has 1 aliphatic rings. The molecule has 172 valence electrons. The molecule has 2 aromatic carbocycles. The molecule has 1 fully saturated rings. The number of nitrogens with one attached hydrogen (secondary N) is 1. The summed E-state index contributed by atoms with van der Waals surface area (Å²) in [6.07, 6.45) is 2.33. The number of para-hydroxylation sites is 1. The predicted octanol–water partition coefficient (Wildman–Crippen LogP) is 4.67. The number of anilines is 2. The van der Waals surface area contributed by atoms with Gasteiger partial charge in [0.05, 0.1) is 12.2 Å². The first-order valence-electron chi connectivity index (χ1n) is 11.4. The first kappa shape index (κ1) is 22.6. The van der Waals surface area contributed by atoms with E-state index in [-0.39, 0.29) is 18.5 Å². The fourth-order valence-corrected chi connectivity index (χ4v) is 3.88. The molecule has 1 N–H and O–H groups in total. The van der Waals surface area contributed by atoms with Crippen LogP contribution < -0.4 is 15.0 Å². The van der Waals surface area contributed by atoms with Crippen LogP contribution in [0.25, 0.3) is 10.9 Å². The molecule has 0 spiro atoms. The van der Waals surface area contributed by atoms with E-state index >= 15 is 0 Å². The molecule has 7 heteroatoms. The highest BCUT2D eigenvalue weighted by Crippen LogP contribution is 2.28. The summed E-state index contributed by atoms with van der Waals surface area (Å²) in [5.74, 6) is 1.59. The smallest absolute Gasteiger partial charge is 0.338 e. The zero-order chi connectivity index (χ0) is 23.2. The number of piperidine rings is 1. The molecule has 1 saturated heterocycles. The first-order chi connectivity index (χ1) is 16.0. The van der Waals surface area contributed by atoms with Gasteiger partial charge in [-0.3, -0.25) is 4.79 Å². The fraction of sp³-hybridized carbons (Fsp3) is 0.346. The molecule has 1 aromatic heterocycles. The summed E-state index contributed by atoms with van der Waals surface area (Å²) >= 11 is 0. The van der Waals surface area contributed by atoms with Crippen molar-refractivity contribution in [2.24, 2.45) is 5.92 Å². The van der Waals surface area contributed by atoms with E-state index in [0.29, 0.717) is 23.6 Å². The Kier molecular flexibility index (Phi) is 7.07. The molecule has 33 heavy (non-hydrogen) atoms. The van der Waals surface area contributed by atoms with E-state index in [2.05, 4.69) is 23.2 Å². The third-order valence-corrected chi connectivity index (χ3v) is 5.81. The summed E-state index contributed by atoms with van der Waals surface area (Å²) in [4.78, 5) is 31.3. The number of amides is 1. The molecular formula is C26H29N3O4. The van der Waals surface area contributed by atoms with Gasteiger partial charge in [-0.05, 0) is 68.1 Å². The van der Waals surface area contributed by atoms with E-state index in [9.17, 15) is 9.59 Å². The Morgan fingerprint density at radius 3 is 2.55 bits per heavy atom. The number of rotatable bonds is 7. The maximum atomic E-state index is 12.4. The van der Waals surface area contributed by atoms with Crippen LogP contribution in [0.1, 0.15) is 37.0 Å². The van der Waals surface area contributed by atoms with Crippen LogP contribution in [0.15, 0.2) is 54.6 Å². The number of nitrogens with zero attached hydrogens (tertiary/aromatic N) is 2. The molecule has 0 radical (unpaired) electrons. The summed E-state index contributed by atoms with van der Waals surface area (Å²) in [7, 11) is 0. The Hall–Kier alpha value is -3.61. The minimum absolute atomic E-state index is 0.147. The average Bonchev–Trinajstić information content (AvgIpc) is 2.83. The van der Waals surface area contributed by atoms with E-state index in [1.54, 1.807) is 31.2 Å². The third kappa shape index (κ3) is 5.61. The van der Waals surface area contributed by atoms with Gasteiger partial charge in [-0.2, -0.15) is 0 Å². The minimum Gasteiger partial charge on any atom is -0.481 e. The summed E-state index contributed by atoms with van der Waals surface area (Å²) in [6.45, 7) is 6.21. The number of carbonyl (C=O) groups is 2. The van der Waals surface area contributed by atoms with Crippen molar-refractivity contribution in [2.75, 3.05) is 36.5 Å². The molecule has 0 saturated carbocycles. The number of hydrogen-bond donors (Lipinski definition) is 1.